The van der Waals surface area contributed by atoms with Gasteiger partial charge in [-0.25, -0.2) is 4.79 Å². The number of hydrogen-bond acceptors (Lipinski definition) is 4. The van der Waals surface area contributed by atoms with Crippen LogP contribution in [-0.4, -0.2) is 18.0 Å². The maximum absolute atomic E-state index is 11.0. The molecule has 0 amide bonds. The molecule has 0 fully saturated rings. The summed E-state index contributed by atoms with van der Waals surface area (Å²) >= 11 is 0. The molecule has 0 radical (unpaired) electrons. The second-order valence-electron chi connectivity index (χ2n) is 2.50. The highest BCUT2D eigenvalue weighted by molar-refractivity contribution is 6.36. The third kappa shape index (κ3) is 2.82. The summed E-state index contributed by atoms with van der Waals surface area (Å²) in [7, 11) is 0. The minimum absolute atomic E-state index is 0.289. The van der Waals surface area contributed by atoms with Gasteiger partial charge in [-0.3, -0.25) is 4.79 Å². The van der Waals surface area contributed by atoms with Gasteiger partial charge in [0.25, 0.3) is 0 Å². The SMILES string of the molecule is O=CCC(=O)C(=O)Oc1ccccc1. The van der Waals surface area contributed by atoms with Gasteiger partial charge in [-0.05, 0) is 12.1 Å². The Kier molecular flexibility index (Phi) is 3.55. The maximum atomic E-state index is 11.0. The Morgan fingerprint density at radius 1 is 1.21 bits per heavy atom. The van der Waals surface area contributed by atoms with E-state index < -0.39 is 18.2 Å². The van der Waals surface area contributed by atoms with Crippen molar-refractivity contribution < 1.29 is 19.1 Å². The molecule has 0 atom stereocenters. The van der Waals surface area contributed by atoms with Crippen molar-refractivity contribution in [2.75, 3.05) is 0 Å². The number of rotatable bonds is 4. The largest absolute Gasteiger partial charge is 0.421 e. The van der Waals surface area contributed by atoms with Crippen molar-refractivity contribution in [3.05, 3.63) is 30.3 Å². The maximum Gasteiger partial charge on any atom is 0.380 e. The summed E-state index contributed by atoms with van der Waals surface area (Å²) in [6, 6.07) is 8.20. The van der Waals surface area contributed by atoms with E-state index in [2.05, 4.69) is 4.74 Å². The lowest BCUT2D eigenvalue weighted by molar-refractivity contribution is -0.147. The number of carbonyl (C=O) groups is 3. The summed E-state index contributed by atoms with van der Waals surface area (Å²) in [6.07, 6.45) is -0.0692. The Morgan fingerprint density at radius 2 is 1.86 bits per heavy atom. The van der Waals surface area contributed by atoms with Crippen LogP contribution in [0.2, 0.25) is 0 Å². The molecule has 0 heterocycles. The van der Waals surface area contributed by atoms with Gasteiger partial charge in [-0.2, -0.15) is 0 Å². The van der Waals surface area contributed by atoms with Crippen LogP contribution in [-0.2, 0) is 14.4 Å². The fourth-order valence-corrected chi connectivity index (χ4v) is 0.812. The van der Waals surface area contributed by atoms with E-state index in [1.165, 1.54) is 0 Å². The average Bonchev–Trinajstić information content (AvgIpc) is 2.19. The van der Waals surface area contributed by atoms with Crippen LogP contribution in [0.25, 0.3) is 0 Å². The topological polar surface area (TPSA) is 60.4 Å². The standard InChI is InChI=1S/C10H8O4/c11-7-6-9(12)10(13)14-8-4-2-1-3-5-8/h1-5,7H,6H2. The minimum atomic E-state index is -1.01. The second kappa shape index (κ2) is 4.91. The van der Waals surface area contributed by atoms with E-state index >= 15 is 0 Å². The summed E-state index contributed by atoms with van der Waals surface area (Å²) in [5.41, 5.74) is 0. The first-order valence-electron chi connectivity index (χ1n) is 3.97. The molecule has 14 heavy (non-hydrogen) atoms. The molecular formula is C10H8O4. The smallest absolute Gasteiger partial charge is 0.380 e. The van der Waals surface area contributed by atoms with E-state index in [1.807, 2.05) is 0 Å². The molecule has 0 aliphatic rings. The molecule has 0 saturated carbocycles. The number of Topliss-reactive ketones (excluding diaryl/α,β-unsaturated/α-hetero) is 1. The number of ether oxygens (including phenoxy) is 1. The zero-order valence-corrected chi connectivity index (χ0v) is 7.30. The molecule has 1 aromatic carbocycles. The number of para-hydroxylation sites is 1. The lowest BCUT2D eigenvalue weighted by Crippen LogP contribution is -2.20. The molecule has 72 valence electrons. The van der Waals surface area contributed by atoms with Crippen molar-refractivity contribution in [2.24, 2.45) is 0 Å². The molecule has 0 aromatic heterocycles. The number of aldehydes is 1. The average molecular weight is 192 g/mol. The van der Waals surface area contributed by atoms with Gasteiger partial charge in [0.1, 0.15) is 12.0 Å². The lowest BCUT2D eigenvalue weighted by Gasteiger charge is -2.00. The molecule has 1 rings (SSSR count). The number of hydrogen-bond donors (Lipinski definition) is 0. The van der Waals surface area contributed by atoms with Gasteiger partial charge in [-0.1, -0.05) is 18.2 Å². The van der Waals surface area contributed by atoms with Crippen molar-refractivity contribution in [2.45, 2.75) is 6.42 Å². The summed E-state index contributed by atoms with van der Waals surface area (Å²) in [5.74, 6) is -1.57. The van der Waals surface area contributed by atoms with E-state index in [4.69, 9.17) is 0 Å². The molecule has 1 aromatic rings. The Bertz CT molecular complexity index is 342. The normalized spacial score (nSPS) is 9.14. The highest BCUT2D eigenvalue weighted by atomic mass is 16.5. The summed E-state index contributed by atoms with van der Waals surface area (Å²) in [5, 5.41) is 0. The van der Waals surface area contributed by atoms with Crippen LogP contribution < -0.4 is 4.74 Å². The number of esters is 1. The van der Waals surface area contributed by atoms with Crippen molar-refractivity contribution >= 4 is 18.0 Å². The summed E-state index contributed by atoms with van der Waals surface area (Å²) < 4.78 is 4.68. The molecule has 0 saturated heterocycles. The van der Waals surface area contributed by atoms with Gasteiger partial charge < -0.3 is 9.53 Å². The molecule has 4 heteroatoms. The number of carbonyl (C=O) groups excluding carboxylic acids is 3. The molecule has 0 spiro atoms. The van der Waals surface area contributed by atoms with Gasteiger partial charge in [0.2, 0.25) is 5.78 Å². The number of ketones is 1. The minimum Gasteiger partial charge on any atom is -0.421 e. The van der Waals surface area contributed by atoms with Gasteiger partial charge in [0.05, 0.1) is 6.42 Å². The van der Waals surface area contributed by atoms with E-state index in [0.29, 0.717) is 6.29 Å². The second-order valence-corrected chi connectivity index (χ2v) is 2.50. The predicted octanol–water partition coefficient (Wildman–Crippen LogP) is 0.750. The summed E-state index contributed by atoms with van der Waals surface area (Å²) in [6.45, 7) is 0. The van der Waals surface area contributed by atoms with Gasteiger partial charge >= 0.3 is 5.97 Å². The van der Waals surface area contributed by atoms with Crippen LogP contribution in [0.5, 0.6) is 5.75 Å². The van der Waals surface area contributed by atoms with Crippen molar-refractivity contribution in [1.29, 1.82) is 0 Å². The van der Waals surface area contributed by atoms with Crippen LogP contribution in [0, 0.1) is 0 Å². The molecule has 0 N–H and O–H groups in total. The Labute approximate surface area is 80.5 Å². The first-order chi connectivity index (χ1) is 6.74. The fraction of sp³-hybridized carbons (Fsp3) is 0.100. The van der Waals surface area contributed by atoms with Crippen LogP contribution >= 0.6 is 0 Å². The van der Waals surface area contributed by atoms with Crippen molar-refractivity contribution in [3.8, 4) is 5.75 Å². The van der Waals surface area contributed by atoms with E-state index in [9.17, 15) is 14.4 Å². The van der Waals surface area contributed by atoms with Crippen LogP contribution in [0.15, 0.2) is 30.3 Å². The van der Waals surface area contributed by atoms with Gasteiger partial charge in [0.15, 0.2) is 0 Å². The highest BCUT2D eigenvalue weighted by Gasteiger charge is 2.14. The monoisotopic (exact) mass is 192 g/mol. The molecular weight excluding hydrogens is 184 g/mol. The zero-order valence-electron chi connectivity index (χ0n) is 7.30. The molecule has 0 bridgehead atoms. The quantitative estimate of drug-likeness (QED) is 0.232. The highest BCUT2D eigenvalue weighted by Crippen LogP contribution is 2.08. The van der Waals surface area contributed by atoms with Crippen LogP contribution in [0.1, 0.15) is 6.42 Å². The molecule has 0 unspecified atom stereocenters. The van der Waals surface area contributed by atoms with E-state index in [-0.39, 0.29) is 5.75 Å². The van der Waals surface area contributed by atoms with Crippen molar-refractivity contribution in [1.82, 2.24) is 0 Å². The third-order valence-electron chi connectivity index (χ3n) is 1.45. The Hall–Kier alpha value is -1.97. The van der Waals surface area contributed by atoms with Crippen LogP contribution in [0.3, 0.4) is 0 Å². The fourth-order valence-electron chi connectivity index (χ4n) is 0.812. The first kappa shape index (κ1) is 10.1. The third-order valence-corrected chi connectivity index (χ3v) is 1.45. The summed E-state index contributed by atoms with van der Waals surface area (Å²) in [4.78, 5) is 31.8. The Balaban J connectivity index is 2.57. The molecule has 4 nitrogen and oxygen atoms in total. The molecule has 0 aliphatic heterocycles. The Morgan fingerprint density at radius 3 is 2.43 bits per heavy atom. The number of benzene rings is 1. The van der Waals surface area contributed by atoms with Gasteiger partial charge in [0, 0.05) is 0 Å². The zero-order chi connectivity index (χ0) is 10.4. The van der Waals surface area contributed by atoms with E-state index in [0.717, 1.165) is 0 Å². The molecule has 0 aliphatic carbocycles. The lowest BCUT2D eigenvalue weighted by atomic mass is 10.3. The predicted molar refractivity (Wildman–Crippen MR) is 47.8 cm³/mol. The van der Waals surface area contributed by atoms with Crippen molar-refractivity contribution in [3.63, 3.8) is 0 Å². The first-order valence-corrected chi connectivity index (χ1v) is 3.97. The van der Waals surface area contributed by atoms with Crippen LogP contribution in [0.4, 0.5) is 0 Å². The van der Waals surface area contributed by atoms with Gasteiger partial charge in [-0.15, -0.1) is 0 Å². The van der Waals surface area contributed by atoms with E-state index in [1.54, 1.807) is 30.3 Å².